The van der Waals surface area contributed by atoms with Gasteiger partial charge in [0.25, 0.3) is 5.56 Å². The Morgan fingerprint density at radius 1 is 1.25 bits per heavy atom. The minimum Gasteiger partial charge on any atom is -0.306 e. The quantitative estimate of drug-likeness (QED) is 0.798. The van der Waals surface area contributed by atoms with Gasteiger partial charge in [-0.2, -0.15) is 5.10 Å². The van der Waals surface area contributed by atoms with E-state index in [0.717, 1.165) is 41.9 Å². The highest BCUT2D eigenvalue weighted by atomic mass is 16.1. The monoisotopic (exact) mass is 321 g/mol. The van der Waals surface area contributed by atoms with Gasteiger partial charge in [-0.25, -0.2) is 4.98 Å². The molecule has 0 amide bonds. The molecule has 0 saturated carbocycles. The molecule has 3 heterocycles. The van der Waals surface area contributed by atoms with Crippen LogP contribution in [-0.4, -0.2) is 31.2 Å². The molecule has 1 aliphatic rings. The number of hydrogen-bond acceptors (Lipinski definition) is 4. The highest BCUT2D eigenvalue weighted by molar-refractivity contribution is 5.54. The van der Waals surface area contributed by atoms with E-state index >= 15 is 0 Å². The molecule has 0 aliphatic carbocycles. The number of nitrogens with zero attached hydrogens (tertiary/aromatic N) is 4. The van der Waals surface area contributed by atoms with Crippen molar-refractivity contribution in [2.45, 2.75) is 19.5 Å². The molecule has 24 heavy (non-hydrogen) atoms. The third-order valence-electron chi connectivity index (χ3n) is 4.36. The molecule has 6 nitrogen and oxygen atoms in total. The molecule has 1 aromatic carbocycles. The fourth-order valence-corrected chi connectivity index (χ4v) is 3.16. The lowest BCUT2D eigenvalue weighted by molar-refractivity contribution is 0.242. The van der Waals surface area contributed by atoms with Gasteiger partial charge in [0.15, 0.2) is 0 Å². The highest BCUT2D eigenvalue weighted by Gasteiger charge is 2.21. The summed E-state index contributed by atoms with van der Waals surface area (Å²) in [6.45, 7) is 2.32. The number of aromatic amines is 1. The zero-order valence-electron chi connectivity index (χ0n) is 13.6. The van der Waals surface area contributed by atoms with Crippen LogP contribution in [0.25, 0.3) is 11.4 Å². The fourth-order valence-electron chi connectivity index (χ4n) is 3.16. The molecule has 0 saturated heterocycles. The maximum atomic E-state index is 12.5. The van der Waals surface area contributed by atoms with Crippen molar-refractivity contribution >= 4 is 0 Å². The normalized spacial score (nSPS) is 14.5. The zero-order valence-corrected chi connectivity index (χ0v) is 13.6. The Hall–Kier alpha value is -2.73. The molecule has 2 aromatic heterocycles. The molecule has 1 N–H and O–H groups in total. The second kappa shape index (κ2) is 6.05. The van der Waals surface area contributed by atoms with Crippen molar-refractivity contribution in [3.8, 4) is 11.4 Å². The molecule has 1 aliphatic heterocycles. The summed E-state index contributed by atoms with van der Waals surface area (Å²) in [6.07, 6.45) is 4.67. The fraction of sp³-hybridized carbons (Fsp3) is 0.278. The Morgan fingerprint density at radius 3 is 2.83 bits per heavy atom. The van der Waals surface area contributed by atoms with Crippen molar-refractivity contribution in [1.82, 2.24) is 24.6 Å². The lowest BCUT2D eigenvalue weighted by atomic mass is 10.1. The predicted molar refractivity (Wildman–Crippen MR) is 91.3 cm³/mol. The Balaban J connectivity index is 1.59. The Labute approximate surface area is 139 Å². The minimum atomic E-state index is -0.0326. The van der Waals surface area contributed by atoms with Crippen molar-refractivity contribution in [2.75, 3.05) is 6.54 Å². The van der Waals surface area contributed by atoms with Gasteiger partial charge in [0.05, 0.1) is 17.5 Å². The van der Waals surface area contributed by atoms with Crippen LogP contribution >= 0.6 is 0 Å². The predicted octanol–water partition coefficient (Wildman–Crippen LogP) is 1.73. The van der Waals surface area contributed by atoms with Crippen LogP contribution in [0, 0.1) is 0 Å². The second-order valence-corrected chi connectivity index (χ2v) is 6.19. The summed E-state index contributed by atoms with van der Waals surface area (Å²) in [6, 6.07) is 9.77. The summed E-state index contributed by atoms with van der Waals surface area (Å²) >= 11 is 0. The van der Waals surface area contributed by atoms with Crippen LogP contribution in [-0.2, 0) is 26.6 Å². The van der Waals surface area contributed by atoms with Crippen molar-refractivity contribution in [1.29, 1.82) is 0 Å². The number of benzene rings is 1. The molecule has 0 unspecified atom stereocenters. The molecule has 6 heteroatoms. The maximum absolute atomic E-state index is 12.5. The van der Waals surface area contributed by atoms with Gasteiger partial charge in [0.2, 0.25) is 0 Å². The van der Waals surface area contributed by atoms with Crippen LogP contribution in [0.15, 0.2) is 47.5 Å². The van der Waals surface area contributed by atoms with Crippen molar-refractivity contribution in [3.63, 3.8) is 0 Å². The lowest BCUT2D eigenvalue weighted by Gasteiger charge is -2.27. The molecule has 0 spiro atoms. The van der Waals surface area contributed by atoms with Gasteiger partial charge in [-0.05, 0) is 0 Å². The number of aromatic nitrogens is 4. The third kappa shape index (κ3) is 2.88. The Kier molecular flexibility index (Phi) is 3.74. The number of nitrogens with one attached hydrogen (secondary N) is 1. The van der Waals surface area contributed by atoms with E-state index in [4.69, 9.17) is 4.98 Å². The summed E-state index contributed by atoms with van der Waals surface area (Å²) < 4.78 is 1.80. The minimum absolute atomic E-state index is 0.0326. The first-order valence-corrected chi connectivity index (χ1v) is 8.06. The van der Waals surface area contributed by atoms with E-state index in [1.54, 1.807) is 4.68 Å². The van der Waals surface area contributed by atoms with E-state index in [1.807, 2.05) is 49.8 Å². The van der Waals surface area contributed by atoms with Crippen LogP contribution in [0.1, 0.15) is 16.8 Å². The average molecular weight is 321 g/mol. The average Bonchev–Trinajstić information content (AvgIpc) is 3.01. The Bertz CT molecular complexity index is 913. The second-order valence-electron chi connectivity index (χ2n) is 6.19. The standard InChI is InChI=1S/C18H19N5O/c1-22-10-13(9-19-22)11-23-8-7-16-15(12-23)18(24)21-17(20-16)14-5-3-2-4-6-14/h2-6,9-10H,7-8,11-12H2,1H3,(H,20,21,24). The van der Waals surface area contributed by atoms with E-state index in [0.29, 0.717) is 12.4 Å². The van der Waals surface area contributed by atoms with Crippen LogP contribution < -0.4 is 5.56 Å². The van der Waals surface area contributed by atoms with Crippen LogP contribution in [0.5, 0.6) is 0 Å². The maximum Gasteiger partial charge on any atom is 0.255 e. The number of rotatable bonds is 3. The summed E-state index contributed by atoms with van der Waals surface area (Å²) in [4.78, 5) is 22.4. The van der Waals surface area contributed by atoms with Crippen LogP contribution in [0.4, 0.5) is 0 Å². The summed E-state index contributed by atoms with van der Waals surface area (Å²) in [7, 11) is 1.91. The van der Waals surface area contributed by atoms with Crippen molar-refractivity contribution in [3.05, 3.63) is 69.9 Å². The largest absolute Gasteiger partial charge is 0.306 e. The topological polar surface area (TPSA) is 66.8 Å². The van der Waals surface area contributed by atoms with Gasteiger partial charge in [0.1, 0.15) is 5.82 Å². The lowest BCUT2D eigenvalue weighted by Crippen LogP contribution is -2.35. The van der Waals surface area contributed by atoms with E-state index < -0.39 is 0 Å². The summed E-state index contributed by atoms with van der Waals surface area (Å²) in [5.74, 6) is 0.653. The van der Waals surface area contributed by atoms with E-state index in [2.05, 4.69) is 15.0 Å². The summed E-state index contributed by atoms with van der Waals surface area (Å²) in [5.41, 5.74) is 3.76. The van der Waals surface area contributed by atoms with E-state index in [-0.39, 0.29) is 5.56 Å². The molecule has 4 rings (SSSR count). The molecular formula is C18H19N5O. The highest BCUT2D eigenvalue weighted by Crippen LogP contribution is 2.19. The number of fused-ring (bicyclic) bond motifs is 1. The van der Waals surface area contributed by atoms with Crippen LogP contribution in [0.3, 0.4) is 0 Å². The molecule has 3 aromatic rings. The Morgan fingerprint density at radius 2 is 2.08 bits per heavy atom. The van der Waals surface area contributed by atoms with Gasteiger partial charge >= 0.3 is 0 Å². The van der Waals surface area contributed by atoms with Gasteiger partial charge < -0.3 is 4.98 Å². The third-order valence-corrected chi connectivity index (χ3v) is 4.36. The summed E-state index contributed by atoms with van der Waals surface area (Å²) in [5, 5.41) is 4.20. The van der Waals surface area contributed by atoms with Gasteiger partial charge in [-0.3, -0.25) is 14.4 Å². The SMILES string of the molecule is Cn1cc(CN2CCc3nc(-c4ccccc4)[nH]c(=O)c3C2)cn1. The first-order valence-electron chi connectivity index (χ1n) is 8.06. The first kappa shape index (κ1) is 14.8. The molecular weight excluding hydrogens is 302 g/mol. The molecule has 0 fully saturated rings. The smallest absolute Gasteiger partial charge is 0.255 e. The molecule has 0 radical (unpaired) electrons. The van der Waals surface area contributed by atoms with Gasteiger partial charge in [0, 0.05) is 50.4 Å². The molecule has 0 bridgehead atoms. The van der Waals surface area contributed by atoms with E-state index in [1.165, 1.54) is 0 Å². The zero-order chi connectivity index (χ0) is 16.5. The van der Waals surface area contributed by atoms with Crippen molar-refractivity contribution in [2.24, 2.45) is 7.05 Å². The number of H-pyrrole nitrogens is 1. The molecule has 122 valence electrons. The number of hydrogen-bond donors (Lipinski definition) is 1. The molecule has 0 atom stereocenters. The number of aryl methyl sites for hydroxylation is 1. The van der Waals surface area contributed by atoms with Gasteiger partial charge in [-0.1, -0.05) is 30.3 Å². The van der Waals surface area contributed by atoms with Crippen LogP contribution in [0.2, 0.25) is 0 Å². The van der Waals surface area contributed by atoms with Gasteiger partial charge in [-0.15, -0.1) is 0 Å². The van der Waals surface area contributed by atoms with Crippen molar-refractivity contribution < 1.29 is 0 Å². The first-order chi connectivity index (χ1) is 11.7. The van der Waals surface area contributed by atoms with E-state index in [9.17, 15) is 4.79 Å².